The molecule has 0 spiro atoms. The minimum atomic E-state index is 1.10. The van der Waals surface area contributed by atoms with E-state index in [1.54, 1.807) is 0 Å². The van der Waals surface area contributed by atoms with Gasteiger partial charge in [0.05, 0.1) is 0 Å². The molecule has 1 rings (SSSR count). The van der Waals surface area contributed by atoms with Crippen molar-refractivity contribution in [3.8, 4) is 0 Å². The van der Waals surface area contributed by atoms with Gasteiger partial charge >= 0.3 is 0 Å². The Balaban J connectivity index is 2.85. The molecule has 0 heterocycles. The van der Waals surface area contributed by atoms with Gasteiger partial charge in [0.25, 0.3) is 0 Å². The van der Waals surface area contributed by atoms with Crippen LogP contribution in [0.15, 0.2) is 29.8 Å². The summed E-state index contributed by atoms with van der Waals surface area (Å²) in [6.07, 6.45) is 1.83. The molecule has 0 saturated carbocycles. The fraction of sp³-hybridized carbons (Fsp3) is 0. The normalized spacial score (nSPS) is 10.3. The van der Waals surface area contributed by atoms with Gasteiger partial charge in [0.15, 0.2) is 0 Å². The van der Waals surface area contributed by atoms with Crippen LogP contribution in [0.2, 0.25) is 0 Å². The van der Waals surface area contributed by atoms with Crippen molar-refractivity contribution in [1.29, 1.82) is 0 Å². The zero-order valence-electron chi connectivity index (χ0n) is 4.84. The number of hydrogen-bond donors (Lipinski definition) is 0. The van der Waals surface area contributed by atoms with Crippen molar-refractivity contribution < 1.29 is 0 Å². The van der Waals surface area contributed by atoms with Gasteiger partial charge in [-0.05, 0) is 17.7 Å². The Hall–Kier alpha value is -0.750. The molecule has 1 radical (unpaired) electrons. The Morgan fingerprint density at radius 1 is 1.33 bits per heavy atom. The third-order valence-corrected chi connectivity index (χ3v) is 1.13. The minimum absolute atomic E-state index is 1.10. The Morgan fingerprint density at radius 3 is 2.56 bits per heavy atom. The largest absolute Gasteiger partial charge is 0.0929 e. The Morgan fingerprint density at radius 2 is 2.00 bits per heavy atom. The molecule has 0 saturated heterocycles. The van der Waals surface area contributed by atoms with Gasteiger partial charge in [-0.3, -0.25) is 0 Å². The molecule has 0 nitrogen and oxygen atoms in total. The van der Waals surface area contributed by atoms with Crippen LogP contribution in [-0.4, -0.2) is 0 Å². The van der Waals surface area contributed by atoms with E-state index >= 15 is 0 Å². The number of rotatable bonds is 1. The van der Waals surface area contributed by atoms with Gasteiger partial charge < -0.3 is 0 Å². The van der Waals surface area contributed by atoms with Crippen molar-refractivity contribution >= 4 is 17.7 Å². The third-order valence-electron chi connectivity index (χ3n) is 0.999. The van der Waals surface area contributed by atoms with Crippen molar-refractivity contribution in [3.63, 3.8) is 0 Å². The fourth-order valence-corrected chi connectivity index (χ4v) is 0.729. The van der Waals surface area contributed by atoms with Crippen molar-refractivity contribution in [1.82, 2.24) is 0 Å². The molecule has 1 heteroatoms. The Labute approximate surface area is 59.8 Å². The lowest BCUT2D eigenvalue weighted by Crippen LogP contribution is -1.65. The smallest absolute Gasteiger partial charge is 0.00484 e. The fourth-order valence-electron chi connectivity index (χ4n) is 0.584. The van der Waals surface area contributed by atoms with Crippen LogP contribution in [0, 0.1) is 6.07 Å². The van der Waals surface area contributed by atoms with E-state index in [1.807, 2.05) is 30.3 Å². The molecular formula is C8H6Cl. The minimum Gasteiger partial charge on any atom is -0.0929 e. The number of hydrogen-bond acceptors (Lipinski definition) is 0. The van der Waals surface area contributed by atoms with Gasteiger partial charge in [-0.2, -0.15) is 0 Å². The van der Waals surface area contributed by atoms with Crippen LogP contribution in [0.4, 0.5) is 0 Å². The van der Waals surface area contributed by atoms with E-state index in [-0.39, 0.29) is 0 Å². The van der Waals surface area contributed by atoms with Gasteiger partial charge in [0, 0.05) is 5.54 Å². The molecular weight excluding hydrogens is 132 g/mol. The van der Waals surface area contributed by atoms with Crippen LogP contribution >= 0.6 is 11.6 Å². The lowest BCUT2D eigenvalue weighted by atomic mass is 10.2. The van der Waals surface area contributed by atoms with Crippen LogP contribution in [0.3, 0.4) is 0 Å². The second-order valence-corrected chi connectivity index (χ2v) is 1.88. The van der Waals surface area contributed by atoms with Gasteiger partial charge in [-0.1, -0.05) is 35.9 Å². The average Bonchev–Trinajstić information content (AvgIpc) is 1.91. The van der Waals surface area contributed by atoms with E-state index in [1.165, 1.54) is 5.54 Å². The molecule has 0 aliphatic heterocycles. The predicted molar refractivity (Wildman–Crippen MR) is 40.2 cm³/mol. The highest BCUT2D eigenvalue weighted by Gasteiger charge is 1.78. The molecule has 0 amide bonds. The highest BCUT2D eigenvalue weighted by Crippen LogP contribution is 2.00. The van der Waals surface area contributed by atoms with Gasteiger partial charge in [-0.15, -0.1) is 0 Å². The molecule has 0 aliphatic rings. The molecule has 0 aromatic heterocycles. The summed E-state index contributed by atoms with van der Waals surface area (Å²) in [4.78, 5) is 0. The Kier molecular flexibility index (Phi) is 2.34. The van der Waals surface area contributed by atoms with Crippen LogP contribution in [0.1, 0.15) is 5.56 Å². The second kappa shape index (κ2) is 3.31. The molecule has 9 heavy (non-hydrogen) atoms. The Bertz CT molecular complexity index is 189. The van der Waals surface area contributed by atoms with Crippen molar-refractivity contribution in [2.24, 2.45) is 0 Å². The molecule has 0 unspecified atom stereocenters. The highest BCUT2D eigenvalue weighted by molar-refractivity contribution is 6.27. The van der Waals surface area contributed by atoms with Gasteiger partial charge in [0.2, 0.25) is 0 Å². The molecule has 0 bridgehead atoms. The van der Waals surface area contributed by atoms with Crippen molar-refractivity contribution in [2.75, 3.05) is 0 Å². The van der Waals surface area contributed by atoms with Crippen LogP contribution in [0.25, 0.3) is 6.08 Å². The lowest BCUT2D eigenvalue weighted by Gasteiger charge is -1.85. The first kappa shape index (κ1) is 6.37. The van der Waals surface area contributed by atoms with Gasteiger partial charge in [-0.25, -0.2) is 0 Å². The van der Waals surface area contributed by atoms with E-state index in [0.717, 1.165) is 5.56 Å². The molecule has 0 aliphatic carbocycles. The van der Waals surface area contributed by atoms with Gasteiger partial charge in [0.1, 0.15) is 0 Å². The summed E-state index contributed by atoms with van der Waals surface area (Å²) in [5.74, 6) is 0. The summed E-state index contributed by atoms with van der Waals surface area (Å²) in [5.41, 5.74) is 2.60. The maximum Gasteiger partial charge on any atom is 0.00484 e. The topological polar surface area (TPSA) is 0 Å². The van der Waals surface area contributed by atoms with E-state index in [9.17, 15) is 0 Å². The van der Waals surface area contributed by atoms with Crippen LogP contribution in [0.5, 0.6) is 0 Å². The first-order valence-corrected chi connectivity index (χ1v) is 3.10. The summed E-state index contributed by atoms with van der Waals surface area (Å²) < 4.78 is 0. The maximum atomic E-state index is 5.35. The van der Waals surface area contributed by atoms with E-state index in [4.69, 9.17) is 11.6 Å². The average molecular weight is 138 g/mol. The monoisotopic (exact) mass is 137 g/mol. The molecule has 1 aromatic carbocycles. The number of benzene rings is 1. The molecule has 0 N–H and O–H groups in total. The van der Waals surface area contributed by atoms with Crippen molar-refractivity contribution in [2.45, 2.75) is 0 Å². The van der Waals surface area contributed by atoms with E-state index < -0.39 is 0 Å². The summed E-state index contributed by atoms with van der Waals surface area (Å²) in [6, 6.07) is 10.5. The predicted octanol–water partition coefficient (Wildman–Crippen LogP) is 2.70. The molecule has 0 atom stereocenters. The maximum absolute atomic E-state index is 5.35. The van der Waals surface area contributed by atoms with Crippen LogP contribution in [-0.2, 0) is 0 Å². The summed E-state index contributed by atoms with van der Waals surface area (Å²) in [5, 5.41) is 0. The number of halogens is 1. The second-order valence-electron chi connectivity index (χ2n) is 1.63. The summed E-state index contributed by atoms with van der Waals surface area (Å²) >= 11 is 5.35. The quantitative estimate of drug-likeness (QED) is 0.558. The first-order valence-electron chi connectivity index (χ1n) is 2.66. The zero-order chi connectivity index (χ0) is 6.53. The van der Waals surface area contributed by atoms with Crippen molar-refractivity contribution in [3.05, 3.63) is 41.4 Å². The summed E-state index contributed by atoms with van der Waals surface area (Å²) in [6.45, 7) is 0. The highest BCUT2D eigenvalue weighted by atomic mass is 35.5. The van der Waals surface area contributed by atoms with E-state index in [2.05, 4.69) is 6.07 Å². The SMILES string of the molecule is Cl/C=C/c1cc[c]cc1. The molecule has 1 aromatic rings. The lowest BCUT2D eigenvalue weighted by molar-refractivity contribution is 1.65. The standard InChI is InChI=1S/C8H6Cl/c9-7-6-8-4-2-1-3-5-8/h2-7H/b7-6+. The van der Waals surface area contributed by atoms with E-state index in [0.29, 0.717) is 0 Å². The summed E-state index contributed by atoms with van der Waals surface area (Å²) in [7, 11) is 0. The van der Waals surface area contributed by atoms with Crippen LogP contribution < -0.4 is 0 Å². The third kappa shape index (κ3) is 1.90. The molecule has 45 valence electrons. The molecule has 0 fully saturated rings. The zero-order valence-corrected chi connectivity index (χ0v) is 5.60. The first-order chi connectivity index (χ1) is 4.43.